The maximum Gasteiger partial charge on any atom is 0.411 e. The molecule has 3 N–H and O–H groups in total. The molecular formula is C19H22FN3O2. The highest BCUT2D eigenvalue weighted by Gasteiger charge is 2.22. The number of likely N-dealkylation sites (tertiary alicyclic amines) is 1. The summed E-state index contributed by atoms with van der Waals surface area (Å²) in [5.74, 6) is -0.385. The molecular weight excluding hydrogens is 321 g/mol. The van der Waals surface area contributed by atoms with Crippen LogP contribution in [0.25, 0.3) is 11.1 Å². The Morgan fingerprint density at radius 2 is 2.20 bits per heavy atom. The van der Waals surface area contributed by atoms with Gasteiger partial charge in [-0.2, -0.15) is 0 Å². The minimum atomic E-state index is -0.544. The van der Waals surface area contributed by atoms with Crippen molar-refractivity contribution in [3.8, 4) is 11.1 Å². The highest BCUT2D eigenvalue weighted by Crippen LogP contribution is 2.30. The van der Waals surface area contributed by atoms with Crippen molar-refractivity contribution >= 4 is 17.5 Å². The van der Waals surface area contributed by atoms with Gasteiger partial charge in [-0.15, -0.1) is 0 Å². The Morgan fingerprint density at radius 1 is 1.36 bits per heavy atom. The van der Waals surface area contributed by atoms with Gasteiger partial charge in [-0.25, -0.2) is 9.18 Å². The molecule has 2 aromatic rings. The second-order valence-corrected chi connectivity index (χ2v) is 6.32. The summed E-state index contributed by atoms with van der Waals surface area (Å²) >= 11 is 0. The molecule has 0 spiro atoms. The number of nitrogens with two attached hydrogens (primary N) is 1. The standard InChI is InChI=1S/C19H22FN3O2/c1-23-9-3-6-16(23)12-25-19(24)22-18-8-7-14(20)11-17(18)13-4-2-5-15(21)10-13/h2,4-5,7-8,10-11,16H,3,6,9,12,21H2,1H3,(H,22,24)/t16-/m0/s1. The molecule has 0 aliphatic carbocycles. The van der Waals surface area contributed by atoms with E-state index in [1.54, 1.807) is 18.2 Å². The van der Waals surface area contributed by atoms with Gasteiger partial charge in [-0.05, 0) is 62.3 Å². The first-order valence-corrected chi connectivity index (χ1v) is 8.32. The van der Waals surface area contributed by atoms with Crippen molar-refractivity contribution in [3.63, 3.8) is 0 Å². The summed E-state index contributed by atoms with van der Waals surface area (Å²) in [6.07, 6.45) is 1.59. The summed E-state index contributed by atoms with van der Waals surface area (Å²) < 4.78 is 19.0. The van der Waals surface area contributed by atoms with Crippen molar-refractivity contribution in [2.45, 2.75) is 18.9 Å². The van der Waals surface area contributed by atoms with Gasteiger partial charge >= 0.3 is 6.09 Å². The third kappa shape index (κ3) is 4.28. The molecule has 5 nitrogen and oxygen atoms in total. The zero-order chi connectivity index (χ0) is 17.8. The van der Waals surface area contributed by atoms with Crippen LogP contribution < -0.4 is 11.1 Å². The van der Waals surface area contributed by atoms with E-state index in [4.69, 9.17) is 10.5 Å². The molecule has 0 saturated carbocycles. The molecule has 1 atom stereocenters. The van der Waals surface area contributed by atoms with Gasteiger partial charge in [0.1, 0.15) is 12.4 Å². The number of amides is 1. The van der Waals surface area contributed by atoms with Crippen LogP contribution in [0.4, 0.5) is 20.6 Å². The van der Waals surface area contributed by atoms with Crippen LogP contribution >= 0.6 is 0 Å². The van der Waals surface area contributed by atoms with Gasteiger partial charge in [-0.3, -0.25) is 5.32 Å². The SMILES string of the molecule is CN1CCC[C@H]1COC(=O)Nc1ccc(F)cc1-c1cccc(N)c1. The van der Waals surface area contributed by atoms with Gasteiger partial charge in [0.25, 0.3) is 0 Å². The first-order chi connectivity index (χ1) is 12.0. The largest absolute Gasteiger partial charge is 0.448 e. The molecule has 1 aliphatic heterocycles. The Bertz CT molecular complexity index is 766. The molecule has 1 aliphatic rings. The summed E-state index contributed by atoms with van der Waals surface area (Å²) in [6.45, 7) is 1.37. The van der Waals surface area contributed by atoms with E-state index < -0.39 is 6.09 Å². The van der Waals surface area contributed by atoms with E-state index >= 15 is 0 Å². The van der Waals surface area contributed by atoms with Crippen LogP contribution in [-0.4, -0.2) is 37.2 Å². The maximum absolute atomic E-state index is 13.7. The summed E-state index contributed by atoms with van der Waals surface area (Å²) in [4.78, 5) is 14.3. The second kappa shape index (κ2) is 7.53. The molecule has 2 aromatic carbocycles. The smallest absolute Gasteiger partial charge is 0.411 e. The number of carbonyl (C=O) groups is 1. The third-order valence-corrected chi connectivity index (χ3v) is 4.49. The van der Waals surface area contributed by atoms with Crippen LogP contribution in [0.1, 0.15) is 12.8 Å². The number of anilines is 2. The molecule has 1 fully saturated rings. The maximum atomic E-state index is 13.7. The molecule has 1 amide bonds. The Labute approximate surface area is 146 Å². The number of carbonyl (C=O) groups excluding carboxylic acids is 1. The predicted molar refractivity (Wildman–Crippen MR) is 96.9 cm³/mol. The van der Waals surface area contributed by atoms with Crippen molar-refractivity contribution in [2.24, 2.45) is 0 Å². The second-order valence-electron chi connectivity index (χ2n) is 6.32. The van der Waals surface area contributed by atoms with E-state index in [9.17, 15) is 9.18 Å². The lowest BCUT2D eigenvalue weighted by atomic mass is 10.0. The van der Waals surface area contributed by atoms with Gasteiger partial charge in [0, 0.05) is 17.3 Å². The fraction of sp³-hybridized carbons (Fsp3) is 0.316. The summed E-state index contributed by atoms with van der Waals surface area (Å²) in [7, 11) is 2.02. The normalized spacial score (nSPS) is 17.4. The Hall–Kier alpha value is -2.60. The highest BCUT2D eigenvalue weighted by atomic mass is 19.1. The number of nitrogens with one attached hydrogen (secondary N) is 1. The van der Waals surface area contributed by atoms with E-state index in [0.717, 1.165) is 24.9 Å². The van der Waals surface area contributed by atoms with E-state index in [2.05, 4.69) is 10.2 Å². The molecule has 132 valence electrons. The number of rotatable bonds is 4. The van der Waals surface area contributed by atoms with Crippen molar-refractivity contribution in [1.29, 1.82) is 0 Å². The quantitative estimate of drug-likeness (QED) is 0.830. The van der Waals surface area contributed by atoms with E-state index in [-0.39, 0.29) is 11.9 Å². The highest BCUT2D eigenvalue weighted by molar-refractivity contribution is 5.91. The van der Waals surface area contributed by atoms with Crippen LogP contribution in [0.3, 0.4) is 0 Å². The lowest BCUT2D eigenvalue weighted by Crippen LogP contribution is -2.31. The molecule has 0 aromatic heterocycles. The molecule has 1 heterocycles. The summed E-state index contributed by atoms with van der Waals surface area (Å²) in [5.41, 5.74) is 8.14. The lowest BCUT2D eigenvalue weighted by molar-refractivity contribution is 0.127. The minimum Gasteiger partial charge on any atom is -0.448 e. The average molecular weight is 343 g/mol. The summed E-state index contributed by atoms with van der Waals surface area (Å²) in [5, 5.41) is 2.71. The van der Waals surface area contributed by atoms with Crippen molar-refractivity contribution in [2.75, 3.05) is 31.2 Å². The molecule has 3 rings (SSSR count). The molecule has 0 bridgehead atoms. The number of nitrogens with zero attached hydrogens (tertiary/aromatic N) is 1. The lowest BCUT2D eigenvalue weighted by Gasteiger charge is -2.19. The van der Waals surface area contributed by atoms with Crippen LogP contribution in [-0.2, 0) is 4.74 Å². The number of hydrogen-bond donors (Lipinski definition) is 2. The number of hydrogen-bond acceptors (Lipinski definition) is 4. The monoisotopic (exact) mass is 343 g/mol. The fourth-order valence-electron chi connectivity index (χ4n) is 3.08. The van der Waals surface area contributed by atoms with Gasteiger partial charge in [0.2, 0.25) is 0 Å². The third-order valence-electron chi connectivity index (χ3n) is 4.49. The van der Waals surface area contributed by atoms with E-state index in [1.807, 2.05) is 13.1 Å². The van der Waals surface area contributed by atoms with Gasteiger partial charge in [0.05, 0.1) is 5.69 Å². The summed E-state index contributed by atoms with van der Waals surface area (Å²) in [6, 6.07) is 11.5. The number of likely N-dealkylation sites (N-methyl/N-ethyl adjacent to an activating group) is 1. The molecule has 1 saturated heterocycles. The Morgan fingerprint density at radius 3 is 2.92 bits per heavy atom. The van der Waals surface area contributed by atoms with Crippen molar-refractivity contribution in [3.05, 3.63) is 48.3 Å². The van der Waals surface area contributed by atoms with Crippen LogP contribution in [0.5, 0.6) is 0 Å². The molecule has 0 unspecified atom stereocenters. The average Bonchev–Trinajstić information content (AvgIpc) is 3.00. The first-order valence-electron chi connectivity index (χ1n) is 8.32. The van der Waals surface area contributed by atoms with Crippen LogP contribution in [0.2, 0.25) is 0 Å². The predicted octanol–water partition coefficient (Wildman–Crippen LogP) is 3.72. The van der Waals surface area contributed by atoms with Crippen LogP contribution in [0, 0.1) is 5.82 Å². The molecule has 6 heteroatoms. The number of benzene rings is 2. The Balaban J connectivity index is 1.72. The zero-order valence-electron chi connectivity index (χ0n) is 14.2. The number of halogens is 1. The van der Waals surface area contributed by atoms with Crippen molar-refractivity contribution < 1.29 is 13.9 Å². The fourth-order valence-corrected chi connectivity index (χ4v) is 3.08. The van der Waals surface area contributed by atoms with Gasteiger partial charge in [-0.1, -0.05) is 12.1 Å². The van der Waals surface area contributed by atoms with Crippen molar-refractivity contribution in [1.82, 2.24) is 4.90 Å². The molecule has 25 heavy (non-hydrogen) atoms. The minimum absolute atomic E-state index is 0.257. The topological polar surface area (TPSA) is 67.6 Å². The van der Waals surface area contributed by atoms with Gasteiger partial charge in [0.15, 0.2) is 0 Å². The van der Waals surface area contributed by atoms with E-state index in [0.29, 0.717) is 23.5 Å². The van der Waals surface area contributed by atoms with E-state index in [1.165, 1.54) is 18.2 Å². The van der Waals surface area contributed by atoms with Crippen LogP contribution in [0.15, 0.2) is 42.5 Å². The zero-order valence-corrected chi connectivity index (χ0v) is 14.2. The molecule has 0 radical (unpaired) electrons. The van der Waals surface area contributed by atoms with Gasteiger partial charge < -0.3 is 15.4 Å². The number of nitrogen functional groups attached to an aromatic ring is 1. The Kier molecular flexibility index (Phi) is 5.19. The first kappa shape index (κ1) is 17.2. The number of ether oxygens (including phenoxy) is 1.